The molecule has 0 amide bonds. The molecular formula is C14H16BrNO. The molecule has 0 bridgehead atoms. The fourth-order valence-electron chi connectivity index (χ4n) is 2.63. The van der Waals surface area contributed by atoms with Crippen molar-refractivity contribution in [1.29, 1.82) is 5.26 Å². The van der Waals surface area contributed by atoms with Crippen LogP contribution in [-0.2, 0) is 6.42 Å². The van der Waals surface area contributed by atoms with Gasteiger partial charge in [0.1, 0.15) is 5.75 Å². The van der Waals surface area contributed by atoms with Crippen LogP contribution in [0.3, 0.4) is 0 Å². The zero-order chi connectivity index (χ0) is 12.3. The van der Waals surface area contributed by atoms with Crippen molar-refractivity contribution in [3.8, 4) is 11.8 Å². The van der Waals surface area contributed by atoms with Gasteiger partial charge in [-0.3, -0.25) is 0 Å². The first kappa shape index (κ1) is 12.4. The van der Waals surface area contributed by atoms with E-state index < -0.39 is 0 Å². The van der Waals surface area contributed by atoms with Crippen molar-refractivity contribution < 1.29 is 4.74 Å². The van der Waals surface area contributed by atoms with E-state index in [0.717, 1.165) is 35.0 Å². The average molecular weight is 294 g/mol. The van der Waals surface area contributed by atoms with Crippen LogP contribution in [0.4, 0.5) is 0 Å². The first-order chi connectivity index (χ1) is 8.19. The summed E-state index contributed by atoms with van der Waals surface area (Å²) in [4.78, 5) is 0. The first-order valence-electron chi connectivity index (χ1n) is 5.93. The van der Waals surface area contributed by atoms with Crippen molar-refractivity contribution >= 4 is 15.9 Å². The third kappa shape index (κ3) is 2.63. The molecule has 0 saturated heterocycles. The third-order valence-corrected chi connectivity index (χ3v) is 4.06. The van der Waals surface area contributed by atoms with E-state index >= 15 is 0 Å². The summed E-state index contributed by atoms with van der Waals surface area (Å²) in [7, 11) is 1.68. The number of nitriles is 1. The van der Waals surface area contributed by atoms with Gasteiger partial charge in [-0.15, -0.1) is 0 Å². The highest BCUT2D eigenvalue weighted by molar-refractivity contribution is 9.10. The van der Waals surface area contributed by atoms with Crippen LogP contribution in [0, 0.1) is 16.7 Å². The van der Waals surface area contributed by atoms with Crippen molar-refractivity contribution in [3.05, 3.63) is 28.2 Å². The van der Waals surface area contributed by atoms with Crippen LogP contribution >= 0.6 is 15.9 Å². The number of rotatable bonds is 3. The second-order valence-corrected chi connectivity index (χ2v) is 5.65. The van der Waals surface area contributed by atoms with Crippen molar-refractivity contribution in [2.75, 3.05) is 7.11 Å². The maximum atomic E-state index is 9.41. The Kier molecular flexibility index (Phi) is 3.73. The summed E-state index contributed by atoms with van der Waals surface area (Å²) in [5.74, 6) is 0.884. The van der Waals surface area contributed by atoms with Gasteiger partial charge in [0, 0.05) is 4.47 Å². The Morgan fingerprint density at radius 3 is 2.71 bits per heavy atom. The summed E-state index contributed by atoms with van der Waals surface area (Å²) in [6.45, 7) is 0. The summed E-state index contributed by atoms with van der Waals surface area (Å²) < 4.78 is 6.41. The zero-order valence-electron chi connectivity index (χ0n) is 10.0. The first-order valence-corrected chi connectivity index (χ1v) is 6.72. The number of hydrogen-bond acceptors (Lipinski definition) is 2. The Bertz CT molecular complexity index is 444. The Hall–Kier alpha value is -1.01. The highest BCUT2D eigenvalue weighted by Crippen LogP contribution is 2.42. The monoisotopic (exact) mass is 293 g/mol. The molecule has 1 aliphatic rings. The highest BCUT2D eigenvalue weighted by atomic mass is 79.9. The molecule has 0 aliphatic heterocycles. The Labute approximate surface area is 111 Å². The fourth-order valence-corrected chi connectivity index (χ4v) is 3.04. The summed E-state index contributed by atoms with van der Waals surface area (Å²) >= 11 is 3.48. The lowest BCUT2D eigenvalue weighted by Gasteiger charge is -2.21. The van der Waals surface area contributed by atoms with E-state index in [1.807, 2.05) is 12.1 Å². The van der Waals surface area contributed by atoms with Gasteiger partial charge < -0.3 is 4.74 Å². The van der Waals surface area contributed by atoms with Gasteiger partial charge in [0.2, 0.25) is 0 Å². The van der Waals surface area contributed by atoms with Crippen LogP contribution in [0.15, 0.2) is 22.7 Å². The lowest BCUT2D eigenvalue weighted by molar-refractivity contribution is 0.378. The van der Waals surface area contributed by atoms with E-state index in [1.165, 1.54) is 12.8 Å². The van der Waals surface area contributed by atoms with E-state index in [0.29, 0.717) is 0 Å². The Morgan fingerprint density at radius 2 is 2.12 bits per heavy atom. The molecule has 0 unspecified atom stereocenters. The largest absolute Gasteiger partial charge is 0.496 e. The molecule has 1 saturated carbocycles. The molecule has 0 aromatic heterocycles. The molecule has 3 heteroatoms. The van der Waals surface area contributed by atoms with Gasteiger partial charge in [-0.2, -0.15) is 5.26 Å². The van der Waals surface area contributed by atoms with E-state index in [9.17, 15) is 5.26 Å². The summed E-state index contributed by atoms with van der Waals surface area (Å²) in [5, 5.41) is 9.41. The summed E-state index contributed by atoms with van der Waals surface area (Å²) in [6, 6.07) is 8.52. The Morgan fingerprint density at radius 1 is 1.41 bits per heavy atom. The molecule has 0 heterocycles. The number of ether oxygens (including phenoxy) is 1. The van der Waals surface area contributed by atoms with Crippen LogP contribution in [0.25, 0.3) is 0 Å². The van der Waals surface area contributed by atoms with Crippen molar-refractivity contribution in [3.63, 3.8) is 0 Å². The minimum absolute atomic E-state index is 0.173. The van der Waals surface area contributed by atoms with Crippen molar-refractivity contribution in [1.82, 2.24) is 0 Å². The molecule has 2 rings (SSSR count). The molecule has 1 aromatic carbocycles. The van der Waals surface area contributed by atoms with Gasteiger partial charge in [-0.05, 0) is 43.0 Å². The van der Waals surface area contributed by atoms with Crippen LogP contribution < -0.4 is 4.74 Å². The number of halogens is 1. The normalized spacial score (nSPS) is 17.7. The zero-order valence-corrected chi connectivity index (χ0v) is 11.6. The SMILES string of the molecule is COc1ccc(Br)cc1CC1(C#N)CCCC1. The van der Waals surface area contributed by atoms with Crippen molar-refractivity contribution in [2.45, 2.75) is 32.1 Å². The number of benzene rings is 1. The van der Waals surface area contributed by atoms with Gasteiger partial charge in [0.25, 0.3) is 0 Å². The molecule has 1 aromatic rings. The quantitative estimate of drug-likeness (QED) is 0.841. The topological polar surface area (TPSA) is 33.0 Å². The molecule has 0 atom stereocenters. The van der Waals surface area contributed by atoms with Gasteiger partial charge in [-0.25, -0.2) is 0 Å². The molecule has 2 nitrogen and oxygen atoms in total. The van der Waals surface area contributed by atoms with Gasteiger partial charge in [0.15, 0.2) is 0 Å². The van der Waals surface area contributed by atoms with E-state index in [-0.39, 0.29) is 5.41 Å². The molecule has 17 heavy (non-hydrogen) atoms. The molecule has 90 valence electrons. The van der Waals surface area contributed by atoms with Crippen LogP contribution in [0.5, 0.6) is 5.75 Å². The maximum Gasteiger partial charge on any atom is 0.122 e. The molecule has 1 aliphatic carbocycles. The molecule has 1 fully saturated rings. The molecule has 0 radical (unpaired) electrons. The number of methoxy groups -OCH3 is 1. The van der Waals surface area contributed by atoms with Crippen molar-refractivity contribution in [2.24, 2.45) is 5.41 Å². The minimum Gasteiger partial charge on any atom is -0.496 e. The molecular weight excluding hydrogens is 278 g/mol. The second kappa shape index (κ2) is 5.10. The predicted molar refractivity (Wildman–Crippen MR) is 70.9 cm³/mol. The van der Waals surface area contributed by atoms with E-state index in [1.54, 1.807) is 7.11 Å². The fraction of sp³-hybridized carbons (Fsp3) is 0.500. The summed E-state index contributed by atoms with van der Waals surface area (Å²) in [6.07, 6.45) is 5.16. The number of hydrogen-bond donors (Lipinski definition) is 0. The predicted octanol–water partition coefficient (Wildman–Crippen LogP) is 4.08. The van der Waals surface area contributed by atoms with Crippen LogP contribution in [0.2, 0.25) is 0 Å². The lowest BCUT2D eigenvalue weighted by atomic mass is 9.81. The highest BCUT2D eigenvalue weighted by Gasteiger charge is 2.34. The number of nitrogens with zero attached hydrogens (tertiary/aromatic N) is 1. The third-order valence-electron chi connectivity index (χ3n) is 3.57. The molecule has 0 N–H and O–H groups in total. The average Bonchev–Trinajstić information content (AvgIpc) is 2.79. The van der Waals surface area contributed by atoms with Crippen LogP contribution in [-0.4, -0.2) is 7.11 Å². The van der Waals surface area contributed by atoms with E-state index in [2.05, 4.69) is 28.1 Å². The Balaban J connectivity index is 2.28. The summed E-state index contributed by atoms with van der Waals surface area (Å²) in [5.41, 5.74) is 0.957. The second-order valence-electron chi connectivity index (χ2n) is 4.73. The van der Waals surface area contributed by atoms with Gasteiger partial charge in [-0.1, -0.05) is 28.8 Å². The van der Waals surface area contributed by atoms with Gasteiger partial charge >= 0.3 is 0 Å². The standard InChI is InChI=1S/C14H16BrNO/c1-17-13-5-4-12(15)8-11(13)9-14(10-16)6-2-3-7-14/h4-5,8H,2-3,6-7,9H2,1H3. The van der Waals surface area contributed by atoms with E-state index in [4.69, 9.17) is 4.74 Å². The maximum absolute atomic E-state index is 9.41. The minimum atomic E-state index is -0.173. The van der Waals surface area contributed by atoms with Crippen LogP contribution in [0.1, 0.15) is 31.2 Å². The smallest absolute Gasteiger partial charge is 0.122 e. The molecule has 0 spiro atoms. The lowest BCUT2D eigenvalue weighted by Crippen LogP contribution is -2.17. The van der Waals surface area contributed by atoms with Gasteiger partial charge in [0.05, 0.1) is 18.6 Å².